The van der Waals surface area contributed by atoms with Gasteiger partial charge in [-0.15, -0.1) is 0 Å². The quantitative estimate of drug-likeness (QED) is 0.740. The van der Waals surface area contributed by atoms with Gasteiger partial charge in [0.15, 0.2) is 0 Å². The van der Waals surface area contributed by atoms with Gasteiger partial charge in [0.25, 0.3) is 0 Å². The number of pyridine rings is 1. The van der Waals surface area contributed by atoms with Crippen molar-refractivity contribution in [3.63, 3.8) is 0 Å². The summed E-state index contributed by atoms with van der Waals surface area (Å²) < 4.78 is 4.65. The van der Waals surface area contributed by atoms with Crippen molar-refractivity contribution in [1.82, 2.24) is 4.98 Å². The molecule has 1 aromatic carbocycles. The molecule has 3 nitrogen and oxygen atoms in total. The van der Waals surface area contributed by atoms with Gasteiger partial charge in [0, 0.05) is 11.9 Å². The SMILES string of the molecule is COC(=O)c1ccc(-c2ccnc(C)c2)cc1. The number of aromatic nitrogens is 1. The van der Waals surface area contributed by atoms with E-state index in [1.54, 1.807) is 18.3 Å². The fourth-order valence-electron chi connectivity index (χ4n) is 1.64. The molecule has 0 amide bonds. The van der Waals surface area contributed by atoms with Gasteiger partial charge in [0.2, 0.25) is 0 Å². The van der Waals surface area contributed by atoms with Gasteiger partial charge in [-0.1, -0.05) is 12.1 Å². The minimum absolute atomic E-state index is 0.317. The van der Waals surface area contributed by atoms with Gasteiger partial charge in [-0.25, -0.2) is 4.79 Å². The Kier molecular flexibility index (Phi) is 3.19. The largest absolute Gasteiger partial charge is 0.465 e. The van der Waals surface area contributed by atoms with Crippen LogP contribution in [0.1, 0.15) is 16.1 Å². The van der Waals surface area contributed by atoms with E-state index in [4.69, 9.17) is 0 Å². The monoisotopic (exact) mass is 227 g/mol. The van der Waals surface area contributed by atoms with E-state index in [-0.39, 0.29) is 5.97 Å². The molecule has 0 bridgehead atoms. The van der Waals surface area contributed by atoms with E-state index >= 15 is 0 Å². The molecule has 0 N–H and O–H groups in total. The number of hydrogen-bond donors (Lipinski definition) is 0. The Morgan fingerprint density at radius 3 is 2.41 bits per heavy atom. The van der Waals surface area contributed by atoms with Gasteiger partial charge in [0.1, 0.15) is 0 Å². The average Bonchev–Trinajstić information content (AvgIpc) is 2.38. The van der Waals surface area contributed by atoms with Crippen molar-refractivity contribution in [1.29, 1.82) is 0 Å². The number of rotatable bonds is 2. The molecule has 3 heteroatoms. The molecular formula is C14H13NO2. The summed E-state index contributed by atoms with van der Waals surface area (Å²) in [5.41, 5.74) is 3.68. The number of carbonyl (C=O) groups excluding carboxylic acids is 1. The number of benzene rings is 1. The summed E-state index contributed by atoms with van der Waals surface area (Å²) in [5.74, 6) is -0.317. The van der Waals surface area contributed by atoms with Gasteiger partial charge < -0.3 is 4.74 Å². The lowest BCUT2D eigenvalue weighted by Crippen LogP contribution is -2.00. The number of aryl methyl sites for hydroxylation is 1. The molecule has 0 unspecified atom stereocenters. The van der Waals surface area contributed by atoms with Crippen LogP contribution in [0.4, 0.5) is 0 Å². The van der Waals surface area contributed by atoms with E-state index in [1.807, 2.05) is 31.2 Å². The van der Waals surface area contributed by atoms with Crippen molar-refractivity contribution < 1.29 is 9.53 Å². The van der Waals surface area contributed by atoms with Crippen LogP contribution in [0.5, 0.6) is 0 Å². The molecule has 86 valence electrons. The maximum absolute atomic E-state index is 11.3. The smallest absolute Gasteiger partial charge is 0.337 e. The van der Waals surface area contributed by atoms with Gasteiger partial charge in [-0.05, 0) is 42.3 Å². The van der Waals surface area contributed by atoms with E-state index < -0.39 is 0 Å². The predicted molar refractivity (Wildman–Crippen MR) is 65.7 cm³/mol. The Morgan fingerprint density at radius 2 is 1.82 bits per heavy atom. The first-order valence-electron chi connectivity index (χ1n) is 5.32. The van der Waals surface area contributed by atoms with E-state index in [1.165, 1.54) is 7.11 Å². The maximum Gasteiger partial charge on any atom is 0.337 e. The first-order valence-corrected chi connectivity index (χ1v) is 5.32. The van der Waals surface area contributed by atoms with Crippen LogP contribution < -0.4 is 0 Å². The predicted octanol–water partition coefficient (Wildman–Crippen LogP) is 2.84. The Bertz CT molecular complexity index is 532. The fourth-order valence-corrected chi connectivity index (χ4v) is 1.64. The van der Waals surface area contributed by atoms with Gasteiger partial charge in [0.05, 0.1) is 12.7 Å². The average molecular weight is 227 g/mol. The Morgan fingerprint density at radius 1 is 1.12 bits per heavy atom. The molecule has 2 rings (SSSR count). The molecule has 0 saturated heterocycles. The van der Waals surface area contributed by atoms with Gasteiger partial charge >= 0.3 is 5.97 Å². The second kappa shape index (κ2) is 4.78. The number of nitrogens with zero attached hydrogens (tertiary/aromatic N) is 1. The molecule has 0 radical (unpaired) electrons. The molecule has 2 aromatic rings. The van der Waals surface area contributed by atoms with Crippen molar-refractivity contribution in [2.45, 2.75) is 6.92 Å². The highest BCUT2D eigenvalue weighted by molar-refractivity contribution is 5.89. The topological polar surface area (TPSA) is 39.2 Å². The number of methoxy groups -OCH3 is 1. The summed E-state index contributed by atoms with van der Waals surface area (Å²) in [4.78, 5) is 15.4. The molecule has 1 aromatic heterocycles. The van der Waals surface area contributed by atoms with E-state index in [2.05, 4.69) is 9.72 Å². The highest BCUT2D eigenvalue weighted by Crippen LogP contribution is 2.20. The first-order chi connectivity index (χ1) is 8.20. The summed E-state index contributed by atoms with van der Waals surface area (Å²) in [6, 6.07) is 11.3. The highest BCUT2D eigenvalue weighted by Gasteiger charge is 2.05. The van der Waals surface area contributed by atoms with Crippen LogP contribution in [0.2, 0.25) is 0 Å². The van der Waals surface area contributed by atoms with Crippen molar-refractivity contribution in [2.24, 2.45) is 0 Å². The zero-order chi connectivity index (χ0) is 12.3. The second-order valence-electron chi connectivity index (χ2n) is 3.75. The first kappa shape index (κ1) is 11.3. The van der Waals surface area contributed by atoms with Crippen LogP contribution in [0.15, 0.2) is 42.6 Å². The van der Waals surface area contributed by atoms with Gasteiger partial charge in [-0.3, -0.25) is 4.98 Å². The molecule has 0 aliphatic heterocycles. The van der Waals surface area contributed by atoms with Crippen molar-refractivity contribution in [3.8, 4) is 11.1 Å². The van der Waals surface area contributed by atoms with Gasteiger partial charge in [-0.2, -0.15) is 0 Å². The summed E-state index contributed by atoms with van der Waals surface area (Å²) >= 11 is 0. The number of hydrogen-bond acceptors (Lipinski definition) is 3. The normalized spacial score (nSPS) is 10.0. The molecule has 0 fully saturated rings. The van der Waals surface area contributed by atoms with Crippen LogP contribution in [0.3, 0.4) is 0 Å². The zero-order valence-electron chi connectivity index (χ0n) is 9.81. The molecule has 1 heterocycles. The van der Waals surface area contributed by atoms with Crippen LogP contribution >= 0.6 is 0 Å². The van der Waals surface area contributed by atoms with Crippen LogP contribution in [0, 0.1) is 6.92 Å². The number of ether oxygens (including phenoxy) is 1. The van der Waals surface area contributed by atoms with E-state index in [0.717, 1.165) is 16.8 Å². The third kappa shape index (κ3) is 2.50. The van der Waals surface area contributed by atoms with Crippen molar-refractivity contribution in [3.05, 3.63) is 53.9 Å². The van der Waals surface area contributed by atoms with E-state index in [0.29, 0.717) is 5.56 Å². The minimum Gasteiger partial charge on any atom is -0.465 e. The third-order valence-corrected chi connectivity index (χ3v) is 2.54. The van der Waals surface area contributed by atoms with Crippen LogP contribution in [-0.4, -0.2) is 18.1 Å². The lowest BCUT2D eigenvalue weighted by molar-refractivity contribution is 0.0601. The molecule has 17 heavy (non-hydrogen) atoms. The summed E-state index contributed by atoms with van der Waals surface area (Å²) in [7, 11) is 1.38. The number of esters is 1. The van der Waals surface area contributed by atoms with Crippen molar-refractivity contribution >= 4 is 5.97 Å². The fraction of sp³-hybridized carbons (Fsp3) is 0.143. The lowest BCUT2D eigenvalue weighted by Gasteiger charge is -2.04. The Balaban J connectivity index is 2.32. The molecule has 0 spiro atoms. The van der Waals surface area contributed by atoms with Crippen molar-refractivity contribution in [2.75, 3.05) is 7.11 Å². The second-order valence-corrected chi connectivity index (χ2v) is 3.75. The summed E-state index contributed by atoms with van der Waals surface area (Å²) in [5, 5.41) is 0. The van der Waals surface area contributed by atoms with E-state index in [9.17, 15) is 4.79 Å². The standard InChI is InChI=1S/C14H13NO2/c1-10-9-13(7-8-15-10)11-3-5-12(6-4-11)14(16)17-2/h3-9H,1-2H3. The molecule has 0 saturated carbocycles. The highest BCUT2D eigenvalue weighted by atomic mass is 16.5. The summed E-state index contributed by atoms with van der Waals surface area (Å²) in [6.07, 6.45) is 1.78. The molecule has 0 aliphatic rings. The molecule has 0 aliphatic carbocycles. The molecular weight excluding hydrogens is 214 g/mol. The lowest BCUT2D eigenvalue weighted by atomic mass is 10.0. The number of carbonyl (C=O) groups is 1. The molecule has 0 atom stereocenters. The minimum atomic E-state index is -0.317. The van der Waals surface area contributed by atoms with Crippen LogP contribution in [-0.2, 0) is 4.74 Å². The zero-order valence-corrected chi connectivity index (χ0v) is 9.81. The van der Waals surface area contributed by atoms with Crippen LogP contribution in [0.25, 0.3) is 11.1 Å². The third-order valence-electron chi connectivity index (χ3n) is 2.54. The summed E-state index contributed by atoms with van der Waals surface area (Å²) in [6.45, 7) is 1.95. The maximum atomic E-state index is 11.3. The Labute approximate surface area is 100 Å². The Hall–Kier alpha value is -2.16.